The molecular formula is C14H16BrN3O2S. The molecule has 0 heterocycles. The molecule has 0 aromatic heterocycles. The van der Waals surface area contributed by atoms with E-state index in [1.54, 1.807) is 13.0 Å². The van der Waals surface area contributed by atoms with Crippen LogP contribution in [0.2, 0.25) is 0 Å². The predicted octanol–water partition coefficient (Wildman–Crippen LogP) is 3.04. The number of halogens is 1. The molecule has 21 heavy (non-hydrogen) atoms. The number of sulfonamides is 1. The van der Waals surface area contributed by atoms with Crippen molar-refractivity contribution >= 4 is 43.0 Å². The molecule has 5 N–H and O–H groups in total. The SMILES string of the molecule is Cc1cc(Br)ccc1Nc1cc(N)cc(S(N)(=O)=O)c1C. The minimum absolute atomic E-state index is 0.0276. The highest BCUT2D eigenvalue weighted by Crippen LogP contribution is 2.30. The Bertz CT molecular complexity index is 804. The quantitative estimate of drug-likeness (QED) is 0.724. The van der Waals surface area contributed by atoms with Gasteiger partial charge in [-0.2, -0.15) is 0 Å². The largest absolute Gasteiger partial charge is 0.399 e. The van der Waals surface area contributed by atoms with E-state index in [-0.39, 0.29) is 4.90 Å². The van der Waals surface area contributed by atoms with Crippen LogP contribution in [0.15, 0.2) is 39.7 Å². The van der Waals surface area contributed by atoms with E-state index in [1.165, 1.54) is 6.07 Å². The third-order valence-corrected chi connectivity index (χ3v) is 4.68. The van der Waals surface area contributed by atoms with Crippen LogP contribution in [0.1, 0.15) is 11.1 Å². The van der Waals surface area contributed by atoms with Crippen LogP contribution < -0.4 is 16.2 Å². The van der Waals surface area contributed by atoms with Crippen molar-refractivity contribution in [3.63, 3.8) is 0 Å². The van der Waals surface area contributed by atoms with E-state index < -0.39 is 10.0 Å². The Hall–Kier alpha value is -1.57. The summed E-state index contributed by atoms with van der Waals surface area (Å²) in [6.07, 6.45) is 0. The molecule has 112 valence electrons. The van der Waals surface area contributed by atoms with Gasteiger partial charge in [0, 0.05) is 21.5 Å². The van der Waals surface area contributed by atoms with Crippen LogP contribution in [0.4, 0.5) is 17.1 Å². The molecule has 0 aliphatic carbocycles. The highest BCUT2D eigenvalue weighted by molar-refractivity contribution is 9.10. The zero-order valence-electron chi connectivity index (χ0n) is 11.6. The van der Waals surface area contributed by atoms with Gasteiger partial charge in [-0.15, -0.1) is 0 Å². The fourth-order valence-corrected chi connectivity index (χ4v) is 3.36. The van der Waals surface area contributed by atoms with Gasteiger partial charge >= 0.3 is 0 Å². The van der Waals surface area contributed by atoms with Gasteiger partial charge in [-0.05, 0) is 55.3 Å². The summed E-state index contributed by atoms with van der Waals surface area (Å²) in [5.41, 5.74) is 9.14. The topological polar surface area (TPSA) is 98.2 Å². The number of anilines is 3. The molecule has 2 rings (SSSR count). The second-order valence-electron chi connectivity index (χ2n) is 4.82. The van der Waals surface area contributed by atoms with Crippen LogP contribution in [0.5, 0.6) is 0 Å². The smallest absolute Gasteiger partial charge is 0.238 e. The van der Waals surface area contributed by atoms with Gasteiger partial charge in [0.05, 0.1) is 4.90 Å². The van der Waals surface area contributed by atoms with E-state index in [2.05, 4.69) is 21.2 Å². The predicted molar refractivity (Wildman–Crippen MR) is 89.1 cm³/mol. The van der Waals surface area contributed by atoms with Crippen molar-refractivity contribution in [2.45, 2.75) is 18.7 Å². The molecule has 5 nitrogen and oxygen atoms in total. The van der Waals surface area contributed by atoms with Crippen LogP contribution in [0, 0.1) is 13.8 Å². The first-order chi connectivity index (χ1) is 9.68. The maximum atomic E-state index is 11.6. The molecule has 0 radical (unpaired) electrons. The van der Waals surface area contributed by atoms with Gasteiger partial charge in [0.15, 0.2) is 0 Å². The van der Waals surface area contributed by atoms with Crippen molar-refractivity contribution in [1.29, 1.82) is 0 Å². The highest BCUT2D eigenvalue weighted by atomic mass is 79.9. The number of hydrogen-bond donors (Lipinski definition) is 3. The lowest BCUT2D eigenvalue weighted by Gasteiger charge is -2.15. The number of benzene rings is 2. The molecule has 7 heteroatoms. The maximum absolute atomic E-state index is 11.6. The second kappa shape index (κ2) is 5.67. The van der Waals surface area contributed by atoms with Gasteiger partial charge in [-0.25, -0.2) is 13.6 Å². The van der Waals surface area contributed by atoms with Gasteiger partial charge in [0.25, 0.3) is 0 Å². The first kappa shape index (κ1) is 15.8. The fourth-order valence-electron chi connectivity index (χ4n) is 2.05. The van der Waals surface area contributed by atoms with Crippen LogP contribution >= 0.6 is 15.9 Å². The molecular weight excluding hydrogens is 354 g/mol. The van der Waals surface area contributed by atoms with E-state index in [0.717, 1.165) is 15.7 Å². The molecule has 0 bridgehead atoms. The monoisotopic (exact) mass is 369 g/mol. The zero-order chi connectivity index (χ0) is 15.8. The van der Waals surface area contributed by atoms with Crippen molar-refractivity contribution in [3.8, 4) is 0 Å². The Morgan fingerprint density at radius 2 is 1.76 bits per heavy atom. The van der Waals surface area contributed by atoms with Gasteiger partial charge < -0.3 is 11.1 Å². The summed E-state index contributed by atoms with van der Waals surface area (Å²) in [5, 5.41) is 8.42. The third-order valence-electron chi connectivity index (χ3n) is 3.15. The van der Waals surface area contributed by atoms with Crippen LogP contribution in [0.3, 0.4) is 0 Å². The Balaban J connectivity index is 2.52. The minimum atomic E-state index is -3.82. The Morgan fingerprint density at radius 3 is 2.33 bits per heavy atom. The zero-order valence-corrected chi connectivity index (χ0v) is 14.0. The Labute approximate surface area is 132 Å². The summed E-state index contributed by atoms with van der Waals surface area (Å²) in [5.74, 6) is 0. The van der Waals surface area contributed by atoms with Gasteiger partial charge in [0.1, 0.15) is 0 Å². The highest BCUT2D eigenvalue weighted by Gasteiger charge is 2.16. The first-order valence-corrected chi connectivity index (χ1v) is 8.48. The third kappa shape index (κ3) is 3.55. The number of aryl methyl sites for hydroxylation is 1. The summed E-state index contributed by atoms with van der Waals surface area (Å²) in [6, 6.07) is 8.82. The van der Waals surface area contributed by atoms with Crippen molar-refractivity contribution in [2.75, 3.05) is 11.1 Å². The molecule has 0 amide bonds. The van der Waals surface area contributed by atoms with Crippen LogP contribution in [0.25, 0.3) is 0 Å². The number of primary sulfonamides is 1. The lowest BCUT2D eigenvalue weighted by molar-refractivity contribution is 0.597. The molecule has 0 fully saturated rings. The van der Waals surface area contributed by atoms with Crippen LogP contribution in [-0.4, -0.2) is 8.42 Å². The van der Waals surface area contributed by atoms with Crippen molar-refractivity contribution in [3.05, 3.63) is 45.9 Å². The summed E-state index contributed by atoms with van der Waals surface area (Å²) in [4.78, 5) is 0.0276. The standard InChI is InChI=1S/C14H16BrN3O2S/c1-8-5-10(15)3-4-12(8)18-13-6-11(16)7-14(9(13)2)21(17,19)20/h3-7,18H,16H2,1-2H3,(H2,17,19,20). The van der Waals surface area contributed by atoms with E-state index in [1.807, 2.05) is 25.1 Å². The van der Waals surface area contributed by atoms with E-state index >= 15 is 0 Å². The van der Waals surface area contributed by atoms with Crippen LogP contribution in [-0.2, 0) is 10.0 Å². The summed E-state index contributed by atoms with van der Waals surface area (Å²) in [6.45, 7) is 3.64. The minimum Gasteiger partial charge on any atom is -0.399 e. The molecule has 0 saturated heterocycles. The molecule has 0 atom stereocenters. The molecule has 2 aromatic rings. The first-order valence-electron chi connectivity index (χ1n) is 6.14. The summed E-state index contributed by atoms with van der Waals surface area (Å²) < 4.78 is 24.2. The number of rotatable bonds is 3. The maximum Gasteiger partial charge on any atom is 0.238 e. The van der Waals surface area contributed by atoms with Crippen molar-refractivity contribution in [2.24, 2.45) is 5.14 Å². The summed E-state index contributed by atoms with van der Waals surface area (Å²) in [7, 11) is -3.82. The molecule has 0 aliphatic heterocycles. The fraction of sp³-hybridized carbons (Fsp3) is 0.143. The van der Waals surface area contributed by atoms with Gasteiger partial charge in [-0.1, -0.05) is 15.9 Å². The Kier molecular flexibility index (Phi) is 4.27. The normalized spacial score (nSPS) is 11.4. The van der Waals surface area contributed by atoms with E-state index in [0.29, 0.717) is 16.9 Å². The average Bonchev–Trinajstić information content (AvgIpc) is 2.35. The molecule has 0 saturated carbocycles. The lowest BCUT2D eigenvalue weighted by atomic mass is 10.1. The number of nitrogens with one attached hydrogen (secondary N) is 1. The van der Waals surface area contributed by atoms with Crippen molar-refractivity contribution < 1.29 is 8.42 Å². The molecule has 0 unspecified atom stereocenters. The number of nitrogen functional groups attached to an aromatic ring is 1. The number of nitrogens with two attached hydrogens (primary N) is 2. The molecule has 0 aliphatic rings. The average molecular weight is 370 g/mol. The lowest BCUT2D eigenvalue weighted by Crippen LogP contribution is -2.15. The molecule has 0 spiro atoms. The molecule has 2 aromatic carbocycles. The van der Waals surface area contributed by atoms with Gasteiger partial charge in [0.2, 0.25) is 10.0 Å². The van der Waals surface area contributed by atoms with Crippen molar-refractivity contribution in [1.82, 2.24) is 0 Å². The number of hydrogen-bond acceptors (Lipinski definition) is 4. The Morgan fingerprint density at radius 1 is 1.10 bits per heavy atom. The van der Waals surface area contributed by atoms with Gasteiger partial charge in [-0.3, -0.25) is 0 Å². The summed E-state index contributed by atoms with van der Waals surface area (Å²) >= 11 is 3.40. The second-order valence-corrected chi connectivity index (χ2v) is 7.27. The van der Waals surface area contributed by atoms with E-state index in [9.17, 15) is 8.42 Å². The van der Waals surface area contributed by atoms with E-state index in [4.69, 9.17) is 10.9 Å².